The highest BCUT2D eigenvalue weighted by molar-refractivity contribution is 5.85. The molecule has 2 aliphatic rings. The fourth-order valence-electron chi connectivity index (χ4n) is 3.00. The van der Waals surface area contributed by atoms with Crippen LogP contribution < -0.4 is 0 Å². The third-order valence-corrected chi connectivity index (χ3v) is 3.98. The van der Waals surface area contributed by atoms with Crippen molar-refractivity contribution in [3.8, 4) is 0 Å². The van der Waals surface area contributed by atoms with E-state index < -0.39 is 0 Å². The van der Waals surface area contributed by atoms with Gasteiger partial charge in [-0.05, 0) is 44.2 Å². The molecule has 2 fully saturated rings. The standard InChI is InChI=1S/C11H20FN.ClH/c12-7-10-13-8-5-11(6-9-13)3-1-2-4-11;/h1-10H2;1H. The van der Waals surface area contributed by atoms with Crippen molar-refractivity contribution in [1.29, 1.82) is 0 Å². The number of hydrogen-bond acceptors (Lipinski definition) is 1. The Bertz CT molecular complexity index is 159. The van der Waals surface area contributed by atoms with Crippen molar-refractivity contribution in [3.63, 3.8) is 0 Å². The Kier molecular flexibility index (Phi) is 4.65. The molecule has 0 atom stereocenters. The van der Waals surface area contributed by atoms with Gasteiger partial charge in [-0.15, -0.1) is 12.4 Å². The van der Waals surface area contributed by atoms with E-state index in [2.05, 4.69) is 4.90 Å². The molecular weight excluding hydrogens is 201 g/mol. The SMILES string of the molecule is Cl.FCCN1CCC2(CCCC2)CC1. The van der Waals surface area contributed by atoms with Gasteiger partial charge in [0, 0.05) is 6.54 Å². The molecule has 0 radical (unpaired) electrons. The molecule has 0 unspecified atom stereocenters. The number of rotatable bonds is 2. The van der Waals surface area contributed by atoms with Crippen LogP contribution in [0.2, 0.25) is 0 Å². The van der Waals surface area contributed by atoms with Crippen molar-refractivity contribution in [2.24, 2.45) is 5.41 Å². The highest BCUT2D eigenvalue weighted by Gasteiger charge is 2.36. The molecule has 14 heavy (non-hydrogen) atoms. The average Bonchev–Trinajstić information content (AvgIpc) is 2.59. The van der Waals surface area contributed by atoms with Crippen molar-refractivity contribution in [3.05, 3.63) is 0 Å². The van der Waals surface area contributed by atoms with Crippen molar-refractivity contribution in [1.82, 2.24) is 4.90 Å². The molecular formula is C11H21ClFN. The van der Waals surface area contributed by atoms with Gasteiger partial charge in [0.2, 0.25) is 0 Å². The molecule has 1 saturated carbocycles. The first kappa shape index (κ1) is 12.3. The van der Waals surface area contributed by atoms with E-state index >= 15 is 0 Å². The van der Waals surface area contributed by atoms with E-state index in [0.717, 1.165) is 13.1 Å². The molecule has 0 aromatic rings. The molecule has 0 aromatic carbocycles. The van der Waals surface area contributed by atoms with Crippen LogP contribution in [0, 0.1) is 5.41 Å². The van der Waals surface area contributed by atoms with Crippen molar-refractivity contribution >= 4 is 12.4 Å². The Morgan fingerprint density at radius 2 is 1.57 bits per heavy atom. The molecule has 1 spiro atoms. The van der Waals surface area contributed by atoms with Gasteiger partial charge in [-0.3, -0.25) is 0 Å². The lowest BCUT2D eigenvalue weighted by Crippen LogP contribution is -2.39. The third-order valence-electron chi connectivity index (χ3n) is 3.98. The second-order valence-corrected chi connectivity index (χ2v) is 4.74. The van der Waals surface area contributed by atoms with Crippen molar-refractivity contribution in [2.75, 3.05) is 26.3 Å². The first-order valence-corrected chi connectivity index (χ1v) is 5.63. The minimum Gasteiger partial charge on any atom is -0.301 e. The summed E-state index contributed by atoms with van der Waals surface area (Å²) >= 11 is 0. The molecule has 1 aliphatic carbocycles. The topological polar surface area (TPSA) is 3.24 Å². The molecule has 0 N–H and O–H groups in total. The summed E-state index contributed by atoms with van der Waals surface area (Å²) < 4.78 is 12.1. The maximum absolute atomic E-state index is 12.1. The number of halogens is 2. The van der Waals surface area contributed by atoms with E-state index in [1.165, 1.54) is 38.5 Å². The molecule has 2 rings (SSSR count). The summed E-state index contributed by atoms with van der Waals surface area (Å²) in [6.45, 7) is 2.77. The number of alkyl halides is 1. The van der Waals surface area contributed by atoms with Gasteiger partial charge < -0.3 is 4.90 Å². The number of likely N-dealkylation sites (tertiary alicyclic amines) is 1. The molecule has 0 aromatic heterocycles. The van der Waals surface area contributed by atoms with Gasteiger partial charge in [-0.25, -0.2) is 4.39 Å². The fraction of sp³-hybridized carbons (Fsp3) is 1.00. The zero-order valence-electron chi connectivity index (χ0n) is 8.80. The molecule has 0 bridgehead atoms. The normalized spacial score (nSPS) is 26.4. The quantitative estimate of drug-likeness (QED) is 0.693. The summed E-state index contributed by atoms with van der Waals surface area (Å²) in [4.78, 5) is 2.28. The minimum absolute atomic E-state index is 0. The lowest BCUT2D eigenvalue weighted by Gasteiger charge is -2.39. The average molecular weight is 222 g/mol. The molecule has 1 heterocycles. The first-order valence-electron chi connectivity index (χ1n) is 5.63. The summed E-state index contributed by atoms with van der Waals surface area (Å²) in [5.74, 6) is 0. The van der Waals surface area contributed by atoms with Crippen LogP contribution in [0.1, 0.15) is 38.5 Å². The summed E-state index contributed by atoms with van der Waals surface area (Å²) in [6, 6.07) is 0. The van der Waals surface area contributed by atoms with Crippen LogP contribution in [0.3, 0.4) is 0 Å². The fourth-order valence-corrected chi connectivity index (χ4v) is 3.00. The number of hydrogen-bond donors (Lipinski definition) is 0. The molecule has 84 valence electrons. The predicted octanol–water partition coefficient (Wildman–Crippen LogP) is 3.03. The maximum Gasteiger partial charge on any atom is 0.102 e. The highest BCUT2D eigenvalue weighted by Crippen LogP contribution is 2.45. The Hall–Kier alpha value is 0.180. The number of nitrogens with zero attached hydrogens (tertiary/aromatic N) is 1. The van der Waals surface area contributed by atoms with Gasteiger partial charge >= 0.3 is 0 Å². The highest BCUT2D eigenvalue weighted by atomic mass is 35.5. The summed E-state index contributed by atoms with van der Waals surface area (Å²) in [7, 11) is 0. The largest absolute Gasteiger partial charge is 0.301 e. The molecule has 1 aliphatic heterocycles. The van der Waals surface area contributed by atoms with Gasteiger partial charge in [0.15, 0.2) is 0 Å². The minimum atomic E-state index is -0.174. The van der Waals surface area contributed by atoms with Gasteiger partial charge in [0.1, 0.15) is 6.67 Å². The predicted molar refractivity (Wildman–Crippen MR) is 59.8 cm³/mol. The Labute approximate surface area is 92.5 Å². The third kappa shape index (κ3) is 2.60. The Balaban J connectivity index is 0.000000980. The number of piperidine rings is 1. The van der Waals surface area contributed by atoms with Crippen LogP contribution in [-0.2, 0) is 0 Å². The second kappa shape index (κ2) is 5.32. The van der Waals surface area contributed by atoms with Crippen LogP contribution in [0.4, 0.5) is 4.39 Å². The van der Waals surface area contributed by atoms with Crippen LogP contribution in [0.15, 0.2) is 0 Å². The lowest BCUT2D eigenvalue weighted by atomic mass is 9.77. The van der Waals surface area contributed by atoms with Gasteiger partial charge in [-0.2, -0.15) is 0 Å². The molecule has 1 saturated heterocycles. The monoisotopic (exact) mass is 221 g/mol. The van der Waals surface area contributed by atoms with Gasteiger partial charge in [-0.1, -0.05) is 12.8 Å². The zero-order chi connectivity index (χ0) is 9.15. The van der Waals surface area contributed by atoms with Gasteiger partial charge in [0.05, 0.1) is 0 Å². The molecule has 1 nitrogen and oxygen atoms in total. The Morgan fingerprint density at radius 1 is 1.00 bits per heavy atom. The van der Waals surface area contributed by atoms with E-state index in [-0.39, 0.29) is 19.1 Å². The smallest absolute Gasteiger partial charge is 0.102 e. The van der Waals surface area contributed by atoms with Crippen molar-refractivity contribution < 1.29 is 4.39 Å². The lowest BCUT2D eigenvalue weighted by molar-refractivity contribution is 0.103. The molecule has 3 heteroatoms. The van der Waals surface area contributed by atoms with E-state index in [0.29, 0.717) is 12.0 Å². The van der Waals surface area contributed by atoms with E-state index in [1.807, 2.05) is 0 Å². The molecule has 0 amide bonds. The zero-order valence-corrected chi connectivity index (χ0v) is 9.62. The van der Waals surface area contributed by atoms with Crippen molar-refractivity contribution in [2.45, 2.75) is 38.5 Å². The van der Waals surface area contributed by atoms with Crippen LogP contribution in [0.25, 0.3) is 0 Å². The van der Waals surface area contributed by atoms with Gasteiger partial charge in [0.25, 0.3) is 0 Å². The maximum atomic E-state index is 12.1. The van der Waals surface area contributed by atoms with E-state index in [4.69, 9.17) is 0 Å². The second-order valence-electron chi connectivity index (χ2n) is 4.74. The summed E-state index contributed by atoms with van der Waals surface area (Å²) in [6.07, 6.45) is 8.40. The Morgan fingerprint density at radius 3 is 2.07 bits per heavy atom. The first-order chi connectivity index (χ1) is 6.35. The summed E-state index contributed by atoms with van der Waals surface area (Å²) in [5.41, 5.74) is 0.687. The van der Waals surface area contributed by atoms with Crippen LogP contribution in [0.5, 0.6) is 0 Å². The van der Waals surface area contributed by atoms with Crippen LogP contribution >= 0.6 is 12.4 Å². The van der Waals surface area contributed by atoms with Crippen LogP contribution in [-0.4, -0.2) is 31.2 Å². The summed E-state index contributed by atoms with van der Waals surface area (Å²) in [5, 5.41) is 0. The van der Waals surface area contributed by atoms with E-state index in [9.17, 15) is 4.39 Å². The van der Waals surface area contributed by atoms with E-state index in [1.54, 1.807) is 0 Å².